The number of esters is 1. The summed E-state index contributed by atoms with van der Waals surface area (Å²) in [5.41, 5.74) is 0. The van der Waals surface area contributed by atoms with Gasteiger partial charge in [0, 0.05) is 24.7 Å². The largest absolute Gasteiger partial charge is 0.462 e. The quantitative estimate of drug-likeness (QED) is 0.457. The van der Waals surface area contributed by atoms with Gasteiger partial charge in [-0.3, -0.25) is 9.59 Å². The molecule has 0 spiro atoms. The molecule has 1 fully saturated rings. The molecular weight excluding hydrogens is 304 g/mol. The van der Waals surface area contributed by atoms with Crippen LogP contribution in [0.25, 0.3) is 0 Å². The molecule has 1 N–H and O–H groups in total. The Morgan fingerprint density at radius 2 is 2.17 bits per heavy atom. The lowest BCUT2D eigenvalue weighted by Gasteiger charge is -2.22. The van der Waals surface area contributed by atoms with E-state index in [0.29, 0.717) is 12.8 Å². The van der Waals surface area contributed by atoms with Crippen molar-refractivity contribution in [2.24, 2.45) is 11.8 Å². The predicted octanol–water partition coefficient (Wildman–Crippen LogP) is 3.73. The number of fused-ring (bicyclic) bond motifs is 1. The van der Waals surface area contributed by atoms with E-state index in [0.717, 1.165) is 44.9 Å². The van der Waals surface area contributed by atoms with Crippen molar-refractivity contribution in [1.82, 2.24) is 0 Å². The van der Waals surface area contributed by atoms with E-state index >= 15 is 0 Å². The van der Waals surface area contributed by atoms with Gasteiger partial charge in [0.1, 0.15) is 11.9 Å². The fraction of sp³-hybridized carbons (Fsp3) is 0.700. The van der Waals surface area contributed by atoms with Crippen LogP contribution in [-0.2, 0) is 14.3 Å². The summed E-state index contributed by atoms with van der Waals surface area (Å²) in [5.74, 6) is -0.345. The average molecular weight is 334 g/mol. The van der Waals surface area contributed by atoms with Gasteiger partial charge >= 0.3 is 5.97 Å². The molecule has 2 aliphatic rings. The van der Waals surface area contributed by atoms with Crippen LogP contribution in [0.15, 0.2) is 24.3 Å². The molecular formula is C20H30O4. The fourth-order valence-electron chi connectivity index (χ4n) is 3.54. The third-order valence-electron chi connectivity index (χ3n) is 4.97. The van der Waals surface area contributed by atoms with Gasteiger partial charge in [0.25, 0.3) is 0 Å². The van der Waals surface area contributed by atoms with E-state index in [1.165, 1.54) is 0 Å². The summed E-state index contributed by atoms with van der Waals surface area (Å²) in [7, 11) is 0. The van der Waals surface area contributed by atoms with Crippen molar-refractivity contribution in [1.29, 1.82) is 0 Å². The van der Waals surface area contributed by atoms with Crippen LogP contribution in [-0.4, -0.2) is 29.1 Å². The van der Waals surface area contributed by atoms with Crippen molar-refractivity contribution >= 4 is 11.8 Å². The maximum atomic E-state index is 12.4. The molecule has 1 aliphatic heterocycles. The maximum Gasteiger partial charge on any atom is 0.306 e. The first-order valence-corrected chi connectivity index (χ1v) is 9.35. The van der Waals surface area contributed by atoms with Crippen LogP contribution in [0.5, 0.6) is 0 Å². The van der Waals surface area contributed by atoms with Gasteiger partial charge in [0.15, 0.2) is 0 Å². The standard InChI is InChI=1S/C20H30O4/c1-2-3-6-9-15(21)12-13-16-17-10-7-4-5-8-11-20(23)24-19(17)14-18(16)22/h4,7,12-13,15-17,19,21H,2-3,5-6,8-11,14H2,1H3/b7-4-,13-12+/t15-,16+,17+,19-/m0/s1. The van der Waals surface area contributed by atoms with Crippen LogP contribution in [0.1, 0.15) is 64.7 Å². The van der Waals surface area contributed by atoms with Gasteiger partial charge in [0.2, 0.25) is 0 Å². The minimum atomic E-state index is -0.499. The van der Waals surface area contributed by atoms with Crippen molar-refractivity contribution in [2.45, 2.75) is 76.9 Å². The van der Waals surface area contributed by atoms with E-state index in [4.69, 9.17) is 4.74 Å². The molecule has 4 atom stereocenters. The Bertz CT molecular complexity index is 480. The number of allylic oxidation sites excluding steroid dienone is 3. The smallest absolute Gasteiger partial charge is 0.306 e. The Balaban J connectivity index is 2.01. The Morgan fingerprint density at radius 1 is 1.33 bits per heavy atom. The molecule has 1 heterocycles. The van der Waals surface area contributed by atoms with E-state index in [-0.39, 0.29) is 29.7 Å². The van der Waals surface area contributed by atoms with E-state index in [9.17, 15) is 14.7 Å². The van der Waals surface area contributed by atoms with Gasteiger partial charge in [0.05, 0.1) is 6.10 Å². The van der Waals surface area contributed by atoms with Crippen LogP contribution in [0.3, 0.4) is 0 Å². The summed E-state index contributed by atoms with van der Waals surface area (Å²) >= 11 is 0. The number of aliphatic hydroxyl groups is 1. The second-order valence-corrected chi connectivity index (χ2v) is 6.94. The Hall–Kier alpha value is -1.42. The molecule has 1 saturated carbocycles. The first kappa shape index (κ1) is 18.9. The number of carbonyl (C=O) groups is 2. The second-order valence-electron chi connectivity index (χ2n) is 6.94. The van der Waals surface area contributed by atoms with Crippen molar-refractivity contribution < 1.29 is 19.4 Å². The molecule has 0 saturated heterocycles. The molecule has 0 aromatic carbocycles. The SMILES string of the molecule is CCCCC[C@H](O)/C=C/[C@H]1C(=O)C[C@@H]2OC(=O)CCC/C=C\C[C@@H]21. The van der Waals surface area contributed by atoms with E-state index in [2.05, 4.69) is 19.1 Å². The number of unbranched alkanes of at least 4 members (excludes halogenated alkanes) is 2. The second kappa shape index (κ2) is 9.77. The Morgan fingerprint density at radius 3 is 2.96 bits per heavy atom. The van der Waals surface area contributed by atoms with Crippen LogP contribution < -0.4 is 0 Å². The number of rotatable bonds is 6. The Kier molecular flexibility index (Phi) is 7.70. The lowest BCUT2D eigenvalue weighted by atomic mass is 9.89. The van der Waals surface area contributed by atoms with Gasteiger partial charge < -0.3 is 9.84 Å². The highest BCUT2D eigenvalue weighted by molar-refractivity contribution is 5.86. The number of ketones is 1. The third kappa shape index (κ3) is 5.59. The summed E-state index contributed by atoms with van der Waals surface area (Å²) < 4.78 is 5.55. The normalized spacial score (nSPS) is 30.8. The molecule has 0 unspecified atom stereocenters. The minimum absolute atomic E-state index is 0.00473. The lowest BCUT2D eigenvalue weighted by Crippen LogP contribution is -2.25. The van der Waals surface area contributed by atoms with Gasteiger partial charge in [-0.1, -0.05) is 50.5 Å². The van der Waals surface area contributed by atoms with Crippen LogP contribution >= 0.6 is 0 Å². The summed E-state index contributed by atoms with van der Waals surface area (Å²) in [6.07, 6.45) is 14.1. The number of ether oxygens (including phenoxy) is 1. The lowest BCUT2D eigenvalue weighted by molar-refractivity contribution is -0.151. The molecule has 0 aromatic rings. The molecule has 2 rings (SSSR count). The third-order valence-corrected chi connectivity index (χ3v) is 4.97. The molecule has 24 heavy (non-hydrogen) atoms. The first-order valence-electron chi connectivity index (χ1n) is 9.35. The zero-order valence-corrected chi connectivity index (χ0v) is 14.7. The highest BCUT2D eigenvalue weighted by atomic mass is 16.5. The van der Waals surface area contributed by atoms with Crippen LogP contribution in [0.4, 0.5) is 0 Å². The topological polar surface area (TPSA) is 63.6 Å². The van der Waals surface area contributed by atoms with E-state index in [1.54, 1.807) is 6.08 Å². The number of Topliss-reactive ketones (excluding diaryl/α,β-unsaturated/α-hetero) is 1. The zero-order chi connectivity index (χ0) is 17.4. The number of hydrogen-bond acceptors (Lipinski definition) is 4. The van der Waals surface area contributed by atoms with Gasteiger partial charge in [-0.25, -0.2) is 0 Å². The van der Waals surface area contributed by atoms with Crippen molar-refractivity contribution in [2.75, 3.05) is 0 Å². The fourth-order valence-corrected chi connectivity index (χ4v) is 3.54. The maximum absolute atomic E-state index is 12.4. The molecule has 0 radical (unpaired) electrons. The predicted molar refractivity (Wildman–Crippen MR) is 93.4 cm³/mol. The molecule has 0 amide bonds. The first-order chi connectivity index (χ1) is 11.6. The van der Waals surface area contributed by atoms with Gasteiger partial charge in [-0.2, -0.15) is 0 Å². The zero-order valence-electron chi connectivity index (χ0n) is 14.7. The summed E-state index contributed by atoms with van der Waals surface area (Å²) in [5, 5.41) is 10.0. The van der Waals surface area contributed by atoms with Gasteiger partial charge in [-0.05, 0) is 25.7 Å². The van der Waals surface area contributed by atoms with Gasteiger partial charge in [-0.15, -0.1) is 0 Å². The minimum Gasteiger partial charge on any atom is -0.462 e. The molecule has 0 bridgehead atoms. The highest BCUT2D eigenvalue weighted by Gasteiger charge is 2.42. The molecule has 4 heteroatoms. The highest BCUT2D eigenvalue weighted by Crippen LogP contribution is 2.36. The average Bonchev–Trinajstić information content (AvgIpc) is 2.84. The molecule has 4 nitrogen and oxygen atoms in total. The van der Waals surface area contributed by atoms with E-state index in [1.807, 2.05) is 6.08 Å². The summed E-state index contributed by atoms with van der Waals surface area (Å²) in [6, 6.07) is 0. The summed E-state index contributed by atoms with van der Waals surface area (Å²) in [4.78, 5) is 24.2. The number of aliphatic hydroxyl groups excluding tert-OH is 1. The van der Waals surface area contributed by atoms with Crippen LogP contribution in [0, 0.1) is 11.8 Å². The molecule has 134 valence electrons. The van der Waals surface area contributed by atoms with Crippen molar-refractivity contribution in [3.8, 4) is 0 Å². The van der Waals surface area contributed by atoms with E-state index < -0.39 is 6.10 Å². The Labute approximate surface area is 145 Å². The number of hydrogen-bond donors (Lipinski definition) is 1. The molecule has 1 aliphatic carbocycles. The summed E-state index contributed by atoms with van der Waals surface area (Å²) in [6.45, 7) is 2.13. The van der Waals surface area contributed by atoms with Crippen molar-refractivity contribution in [3.63, 3.8) is 0 Å². The van der Waals surface area contributed by atoms with Crippen LogP contribution in [0.2, 0.25) is 0 Å². The van der Waals surface area contributed by atoms with Crippen molar-refractivity contribution in [3.05, 3.63) is 24.3 Å². The number of carbonyl (C=O) groups excluding carboxylic acids is 2. The molecule has 0 aromatic heterocycles. The monoisotopic (exact) mass is 334 g/mol.